The first-order valence-electron chi connectivity index (χ1n) is 4.14. The summed E-state index contributed by atoms with van der Waals surface area (Å²) in [7, 11) is 0. The maximum Gasteiger partial charge on any atom is 0.0545 e. The van der Waals surface area contributed by atoms with Crippen LogP contribution in [0.25, 0.3) is 0 Å². The lowest BCUT2D eigenvalue weighted by Crippen LogP contribution is -2.37. The highest BCUT2D eigenvalue weighted by molar-refractivity contribution is 4.79. The topological polar surface area (TPSA) is 80.9 Å². The summed E-state index contributed by atoms with van der Waals surface area (Å²) >= 11 is 0. The monoisotopic (exact) mass is 178 g/mol. The maximum atomic E-state index is 9.25. The molecule has 0 bridgehead atoms. The Labute approximate surface area is 72.5 Å². The lowest BCUT2D eigenvalue weighted by Gasteiger charge is -2.29. The summed E-state index contributed by atoms with van der Waals surface area (Å²) in [5.74, 6) is 0. The first-order valence-corrected chi connectivity index (χ1v) is 4.14. The quantitative estimate of drug-likeness (QED) is 0.425. The van der Waals surface area contributed by atoms with Crippen LogP contribution in [0.3, 0.4) is 0 Å². The van der Waals surface area contributed by atoms with E-state index >= 15 is 0 Å². The average molecular weight is 178 g/mol. The van der Waals surface area contributed by atoms with Crippen molar-refractivity contribution in [2.45, 2.75) is 25.9 Å². The van der Waals surface area contributed by atoms with Crippen LogP contribution in [0.2, 0.25) is 0 Å². The summed E-state index contributed by atoms with van der Waals surface area (Å²) in [4.78, 5) is 0. The third-order valence-corrected chi connectivity index (χ3v) is 2.15. The van der Waals surface area contributed by atoms with Crippen molar-refractivity contribution >= 4 is 0 Å². The van der Waals surface area contributed by atoms with E-state index < -0.39 is 11.5 Å². The molecule has 0 aliphatic carbocycles. The third-order valence-electron chi connectivity index (χ3n) is 2.15. The minimum atomic E-state index is -0.935. The fourth-order valence-electron chi connectivity index (χ4n) is 0.988. The second-order valence-electron chi connectivity index (χ2n) is 3.24. The highest BCUT2D eigenvalue weighted by Gasteiger charge is 2.30. The van der Waals surface area contributed by atoms with E-state index in [-0.39, 0.29) is 26.2 Å². The number of hydrogen-bond donors (Lipinski definition) is 4. The summed E-state index contributed by atoms with van der Waals surface area (Å²) in [5, 5.41) is 35.9. The Balaban J connectivity index is 4.09. The predicted octanol–water partition coefficient (Wildman–Crippen LogP) is -0.889. The van der Waals surface area contributed by atoms with Crippen LogP contribution in [0.5, 0.6) is 0 Å². The van der Waals surface area contributed by atoms with Crippen molar-refractivity contribution in [3.63, 3.8) is 0 Å². The molecule has 12 heavy (non-hydrogen) atoms. The molecule has 0 radical (unpaired) electrons. The summed E-state index contributed by atoms with van der Waals surface area (Å²) in [6.45, 7) is 0.882. The molecule has 0 rings (SSSR count). The third kappa shape index (κ3) is 3.06. The molecule has 4 heteroatoms. The van der Waals surface area contributed by atoms with Gasteiger partial charge in [0.05, 0.1) is 25.9 Å². The minimum absolute atomic E-state index is 0.229. The number of rotatable bonds is 6. The smallest absolute Gasteiger partial charge is 0.0545 e. The van der Waals surface area contributed by atoms with Crippen LogP contribution in [0.4, 0.5) is 0 Å². The van der Waals surface area contributed by atoms with Crippen molar-refractivity contribution in [3.8, 4) is 0 Å². The van der Waals surface area contributed by atoms with Gasteiger partial charge in [-0.3, -0.25) is 0 Å². The van der Waals surface area contributed by atoms with Gasteiger partial charge in [0.1, 0.15) is 0 Å². The molecular weight excluding hydrogens is 160 g/mol. The molecule has 0 heterocycles. The van der Waals surface area contributed by atoms with E-state index in [2.05, 4.69) is 0 Å². The molecule has 0 aliphatic rings. The Kier molecular flexibility index (Phi) is 5.41. The van der Waals surface area contributed by atoms with Crippen molar-refractivity contribution in [2.24, 2.45) is 5.41 Å². The van der Waals surface area contributed by atoms with E-state index in [4.69, 9.17) is 15.3 Å². The van der Waals surface area contributed by atoms with Gasteiger partial charge in [0.15, 0.2) is 0 Å². The Bertz CT molecular complexity index is 103. The highest BCUT2D eigenvalue weighted by Crippen LogP contribution is 2.22. The summed E-state index contributed by atoms with van der Waals surface area (Å²) in [5.41, 5.74) is -0.935. The number of hydrogen-bond acceptors (Lipinski definition) is 4. The van der Waals surface area contributed by atoms with Gasteiger partial charge in [-0.05, 0) is 12.8 Å². The predicted molar refractivity (Wildman–Crippen MR) is 44.6 cm³/mol. The second kappa shape index (κ2) is 5.48. The van der Waals surface area contributed by atoms with Gasteiger partial charge in [0.25, 0.3) is 0 Å². The minimum Gasteiger partial charge on any atom is -0.396 e. The van der Waals surface area contributed by atoms with Crippen molar-refractivity contribution in [1.29, 1.82) is 0 Å². The molecule has 4 nitrogen and oxygen atoms in total. The van der Waals surface area contributed by atoms with E-state index in [9.17, 15) is 5.11 Å². The van der Waals surface area contributed by atoms with E-state index in [0.717, 1.165) is 0 Å². The Hall–Kier alpha value is -0.160. The Morgan fingerprint density at radius 2 is 1.50 bits per heavy atom. The molecule has 0 spiro atoms. The van der Waals surface area contributed by atoms with E-state index in [1.807, 2.05) is 6.92 Å². The van der Waals surface area contributed by atoms with Crippen molar-refractivity contribution < 1.29 is 20.4 Å². The van der Waals surface area contributed by atoms with Crippen LogP contribution in [0.1, 0.15) is 19.8 Å². The van der Waals surface area contributed by atoms with Crippen LogP contribution < -0.4 is 0 Å². The lowest BCUT2D eigenvalue weighted by molar-refractivity contribution is -0.0306. The Morgan fingerprint density at radius 1 is 1.08 bits per heavy atom. The molecule has 0 saturated carbocycles. The number of aliphatic hydroxyl groups excluding tert-OH is 4. The van der Waals surface area contributed by atoms with Gasteiger partial charge < -0.3 is 20.4 Å². The first-order chi connectivity index (χ1) is 5.64. The van der Waals surface area contributed by atoms with Crippen molar-refractivity contribution in [3.05, 3.63) is 0 Å². The van der Waals surface area contributed by atoms with Crippen molar-refractivity contribution in [2.75, 3.05) is 19.8 Å². The van der Waals surface area contributed by atoms with E-state index in [1.54, 1.807) is 0 Å². The van der Waals surface area contributed by atoms with Gasteiger partial charge in [-0.15, -0.1) is 0 Å². The molecule has 0 fully saturated rings. The molecule has 74 valence electrons. The normalized spacial score (nSPS) is 14.8. The van der Waals surface area contributed by atoms with Crippen LogP contribution in [-0.2, 0) is 0 Å². The summed E-state index contributed by atoms with van der Waals surface area (Å²) in [6, 6.07) is 0. The molecule has 0 aromatic rings. The zero-order valence-electron chi connectivity index (χ0n) is 7.40. The van der Waals surface area contributed by atoms with Gasteiger partial charge in [-0.25, -0.2) is 0 Å². The Morgan fingerprint density at radius 3 is 1.75 bits per heavy atom. The molecule has 1 atom stereocenters. The SMILES string of the molecule is CCC(O)CC(CO)(CO)CO. The highest BCUT2D eigenvalue weighted by atomic mass is 16.3. The van der Waals surface area contributed by atoms with E-state index in [1.165, 1.54) is 0 Å². The van der Waals surface area contributed by atoms with Crippen LogP contribution >= 0.6 is 0 Å². The molecule has 4 N–H and O–H groups in total. The molecule has 0 aromatic heterocycles. The van der Waals surface area contributed by atoms with Gasteiger partial charge in [0, 0.05) is 5.41 Å². The lowest BCUT2D eigenvalue weighted by atomic mass is 9.84. The first kappa shape index (κ1) is 11.8. The zero-order chi connectivity index (χ0) is 9.61. The van der Waals surface area contributed by atoms with Gasteiger partial charge in [0.2, 0.25) is 0 Å². The van der Waals surface area contributed by atoms with Crippen molar-refractivity contribution in [1.82, 2.24) is 0 Å². The molecule has 1 unspecified atom stereocenters. The fraction of sp³-hybridized carbons (Fsp3) is 1.00. The van der Waals surface area contributed by atoms with E-state index in [0.29, 0.717) is 6.42 Å². The maximum absolute atomic E-state index is 9.25. The zero-order valence-corrected chi connectivity index (χ0v) is 7.40. The van der Waals surface area contributed by atoms with Crippen LogP contribution in [0.15, 0.2) is 0 Å². The summed E-state index contributed by atoms with van der Waals surface area (Å²) < 4.78 is 0. The van der Waals surface area contributed by atoms with Crippen LogP contribution in [-0.4, -0.2) is 46.4 Å². The molecule has 0 saturated heterocycles. The fourth-order valence-corrected chi connectivity index (χ4v) is 0.988. The van der Waals surface area contributed by atoms with Gasteiger partial charge >= 0.3 is 0 Å². The van der Waals surface area contributed by atoms with Gasteiger partial charge in [-0.1, -0.05) is 6.92 Å². The largest absolute Gasteiger partial charge is 0.396 e. The summed E-state index contributed by atoms with van der Waals surface area (Å²) in [6.07, 6.45) is 0.214. The van der Waals surface area contributed by atoms with Gasteiger partial charge in [-0.2, -0.15) is 0 Å². The second-order valence-corrected chi connectivity index (χ2v) is 3.24. The molecule has 0 aromatic carbocycles. The van der Waals surface area contributed by atoms with Crippen LogP contribution in [0, 0.1) is 5.41 Å². The number of aliphatic hydroxyl groups is 4. The standard InChI is InChI=1S/C8H18O4/c1-2-7(12)3-8(4-9,5-10)6-11/h7,9-12H,2-6H2,1H3. The average Bonchev–Trinajstić information content (AvgIpc) is 2.14. The molecular formula is C8H18O4. The molecule has 0 amide bonds. The molecule has 0 aliphatic heterocycles.